The Morgan fingerprint density at radius 2 is 2.00 bits per heavy atom. The van der Waals surface area contributed by atoms with E-state index in [0.29, 0.717) is 6.42 Å². The Morgan fingerprint density at radius 3 is 2.38 bits per heavy atom. The zero-order chi connectivity index (χ0) is 9.61. The molecule has 0 fully saturated rings. The second kappa shape index (κ2) is 7.39. The Kier molecular flexibility index (Phi) is 8.78. The van der Waals surface area contributed by atoms with Crippen LogP contribution in [0.25, 0.3) is 0 Å². The average Bonchev–Trinajstić information content (AvgIpc) is 1.95. The zero-order valence-electron chi connectivity index (χ0n) is 6.82. The fourth-order valence-electron chi connectivity index (χ4n) is 0.533. The van der Waals surface area contributed by atoms with E-state index in [1.165, 1.54) is 0 Å². The van der Waals surface area contributed by atoms with Crippen LogP contribution in [0.4, 0.5) is 0 Å². The fourth-order valence-corrected chi connectivity index (χ4v) is 0.814. The Hall–Kier alpha value is -0.0226. The maximum atomic E-state index is 10.7. The van der Waals surface area contributed by atoms with Crippen LogP contribution < -0.4 is 0 Å². The van der Waals surface area contributed by atoms with E-state index in [-0.39, 0.29) is 25.3 Å². The first-order chi connectivity index (χ1) is 5.45. The standard InChI is InChI=1S/C6H12O5S.Li.H/c1-2-3-4-6(7)11-5-12(8,9)10;;/h2-5H2,1H3,(H,8,9,10);;. The quantitative estimate of drug-likeness (QED) is 0.384. The van der Waals surface area contributed by atoms with Crippen molar-refractivity contribution in [3.05, 3.63) is 0 Å². The zero-order valence-corrected chi connectivity index (χ0v) is 7.63. The van der Waals surface area contributed by atoms with Crippen LogP contribution in [-0.2, 0) is 19.6 Å². The Bertz CT molecular complexity index is 235. The number of rotatable bonds is 5. The van der Waals surface area contributed by atoms with Gasteiger partial charge in [0.15, 0.2) is 0 Å². The van der Waals surface area contributed by atoms with Crippen molar-refractivity contribution in [1.29, 1.82) is 0 Å². The number of ether oxygens (including phenoxy) is 1. The summed E-state index contributed by atoms with van der Waals surface area (Å²) in [6.07, 6.45) is 1.68. The third kappa shape index (κ3) is 12.0. The minimum atomic E-state index is -4.19. The fraction of sp³-hybridized carbons (Fsp3) is 0.833. The minimum absolute atomic E-state index is 0. The third-order valence-electron chi connectivity index (χ3n) is 1.10. The van der Waals surface area contributed by atoms with E-state index in [1.807, 2.05) is 6.92 Å². The summed E-state index contributed by atoms with van der Waals surface area (Å²) >= 11 is 0. The monoisotopic (exact) mass is 204 g/mol. The van der Waals surface area contributed by atoms with E-state index >= 15 is 0 Å². The van der Waals surface area contributed by atoms with E-state index in [2.05, 4.69) is 4.74 Å². The van der Waals surface area contributed by atoms with Gasteiger partial charge >= 0.3 is 34.9 Å². The van der Waals surface area contributed by atoms with Gasteiger partial charge in [-0.15, -0.1) is 0 Å². The van der Waals surface area contributed by atoms with Gasteiger partial charge < -0.3 is 4.74 Å². The van der Waals surface area contributed by atoms with E-state index in [0.717, 1.165) is 6.42 Å². The van der Waals surface area contributed by atoms with Crippen LogP contribution in [0.5, 0.6) is 0 Å². The maximum absolute atomic E-state index is 10.7. The summed E-state index contributed by atoms with van der Waals surface area (Å²) in [6, 6.07) is 0. The molecule has 0 aliphatic rings. The molecule has 0 unspecified atom stereocenters. The molecule has 0 rings (SSSR count). The molecule has 0 aliphatic heterocycles. The molecule has 0 saturated heterocycles. The van der Waals surface area contributed by atoms with Crippen molar-refractivity contribution in [2.24, 2.45) is 0 Å². The summed E-state index contributed by atoms with van der Waals surface area (Å²) in [6.45, 7) is 1.90. The Balaban J connectivity index is 0. The van der Waals surface area contributed by atoms with Gasteiger partial charge in [-0.25, -0.2) is 0 Å². The Morgan fingerprint density at radius 1 is 1.46 bits per heavy atom. The third-order valence-corrected chi connectivity index (χ3v) is 1.52. The topological polar surface area (TPSA) is 80.7 Å². The van der Waals surface area contributed by atoms with Crippen LogP contribution in [0, 0.1) is 0 Å². The number of carbonyl (C=O) groups is 1. The van der Waals surface area contributed by atoms with Gasteiger partial charge in [-0.1, -0.05) is 13.3 Å². The molecular weight excluding hydrogens is 191 g/mol. The van der Waals surface area contributed by atoms with E-state index in [9.17, 15) is 13.2 Å². The van der Waals surface area contributed by atoms with Crippen LogP contribution in [0.2, 0.25) is 0 Å². The molecule has 0 aliphatic carbocycles. The number of hydrogen-bond acceptors (Lipinski definition) is 4. The molecule has 0 spiro atoms. The summed E-state index contributed by atoms with van der Waals surface area (Å²) < 4.78 is 32.6. The molecule has 13 heavy (non-hydrogen) atoms. The van der Waals surface area contributed by atoms with Crippen LogP contribution >= 0.6 is 0 Å². The molecule has 0 amide bonds. The molecule has 5 nitrogen and oxygen atoms in total. The van der Waals surface area contributed by atoms with Crippen molar-refractivity contribution in [3.63, 3.8) is 0 Å². The molecule has 1 N–H and O–H groups in total. The summed E-state index contributed by atoms with van der Waals surface area (Å²) in [5.41, 5.74) is 0. The van der Waals surface area contributed by atoms with Gasteiger partial charge in [0.1, 0.15) is 0 Å². The molecule has 0 aromatic carbocycles. The normalized spacial score (nSPS) is 10.3. The molecule has 0 bridgehead atoms. The first-order valence-corrected chi connectivity index (χ1v) is 5.17. The molecule has 74 valence electrons. The molecule has 0 aromatic rings. The van der Waals surface area contributed by atoms with Gasteiger partial charge in [-0.05, 0) is 6.42 Å². The van der Waals surface area contributed by atoms with Crippen molar-refractivity contribution >= 4 is 34.9 Å². The number of unbranched alkanes of at least 4 members (excludes halogenated alkanes) is 1. The summed E-state index contributed by atoms with van der Waals surface area (Å²) in [4.78, 5) is 10.7. The molecule has 0 saturated carbocycles. The first kappa shape index (κ1) is 15.4. The van der Waals surface area contributed by atoms with Crippen molar-refractivity contribution in [2.45, 2.75) is 26.2 Å². The second-order valence-electron chi connectivity index (χ2n) is 2.32. The average molecular weight is 204 g/mol. The van der Waals surface area contributed by atoms with Crippen molar-refractivity contribution in [3.8, 4) is 0 Å². The van der Waals surface area contributed by atoms with Crippen molar-refractivity contribution in [2.75, 3.05) is 5.94 Å². The van der Waals surface area contributed by atoms with Crippen molar-refractivity contribution in [1.82, 2.24) is 0 Å². The molecule has 7 heteroatoms. The van der Waals surface area contributed by atoms with Gasteiger partial charge in [0.25, 0.3) is 0 Å². The number of esters is 1. The number of hydrogen-bond donors (Lipinski definition) is 1. The van der Waals surface area contributed by atoms with Gasteiger partial charge in [-0.2, -0.15) is 8.42 Å². The molecule has 0 heterocycles. The van der Waals surface area contributed by atoms with Crippen LogP contribution in [0.3, 0.4) is 0 Å². The van der Waals surface area contributed by atoms with Gasteiger partial charge in [0.05, 0.1) is 0 Å². The second-order valence-corrected chi connectivity index (χ2v) is 3.72. The molecule has 0 atom stereocenters. The van der Waals surface area contributed by atoms with Gasteiger partial charge in [0.2, 0.25) is 5.94 Å². The van der Waals surface area contributed by atoms with Gasteiger partial charge in [0, 0.05) is 6.42 Å². The molecular formula is C6H13LiO5S. The van der Waals surface area contributed by atoms with Crippen LogP contribution in [-0.4, -0.2) is 43.7 Å². The summed E-state index contributed by atoms with van der Waals surface area (Å²) in [7, 11) is -4.19. The predicted molar refractivity (Wildman–Crippen MR) is 49.2 cm³/mol. The van der Waals surface area contributed by atoms with E-state index in [1.54, 1.807) is 0 Å². The SMILES string of the molecule is CCCCC(=O)OCS(=O)(=O)O.[LiH]. The first-order valence-electron chi connectivity index (χ1n) is 3.56. The van der Waals surface area contributed by atoms with Crippen molar-refractivity contribution < 1.29 is 22.5 Å². The molecule has 0 aromatic heterocycles. The number of carbonyl (C=O) groups excluding carboxylic acids is 1. The summed E-state index contributed by atoms with van der Waals surface area (Å²) in [5, 5.41) is 0. The van der Waals surface area contributed by atoms with Gasteiger partial charge in [-0.3, -0.25) is 9.35 Å². The van der Waals surface area contributed by atoms with E-state index in [4.69, 9.17) is 4.55 Å². The molecule has 0 radical (unpaired) electrons. The van der Waals surface area contributed by atoms with E-state index < -0.39 is 22.0 Å². The Labute approximate surface area is 89.8 Å². The predicted octanol–water partition coefficient (Wildman–Crippen LogP) is -0.0834. The van der Waals surface area contributed by atoms with Crippen LogP contribution in [0.1, 0.15) is 26.2 Å². The van der Waals surface area contributed by atoms with Crippen LogP contribution in [0.15, 0.2) is 0 Å². The summed E-state index contributed by atoms with van der Waals surface area (Å²) in [5.74, 6) is -1.55.